The van der Waals surface area contributed by atoms with Crippen LogP contribution in [-0.4, -0.2) is 19.9 Å². The lowest BCUT2D eigenvalue weighted by atomic mass is 9.63. The standard InChI is InChI=1S/C9H17FO/c1-3-9(4-5-10)6-8(7-9)11-2/h8H,3-7H2,1-2H3. The molecule has 0 atom stereocenters. The molecule has 66 valence electrons. The Bertz CT molecular complexity index is 119. The van der Waals surface area contributed by atoms with E-state index >= 15 is 0 Å². The molecular weight excluding hydrogens is 143 g/mol. The Balaban J connectivity index is 2.30. The van der Waals surface area contributed by atoms with Gasteiger partial charge in [-0.15, -0.1) is 0 Å². The van der Waals surface area contributed by atoms with Crippen molar-refractivity contribution in [2.75, 3.05) is 13.8 Å². The molecule has 1 saturated carbocycles. The average Bonchev–Trinajstić information content (AvgIpc) is 1.96. The van der Waals surface area contributed by atoms with Crippen LogP contribution in [0.4, 0.5) is 4.39 Å². The molecule has 0 unspecified atom stereocenters. The molecule has 0 amide bonds. The first kappa shape index (κ1) is 8.98. The highest BCUT2D eigenvalue weighted by Crippen LogP contribution is 2.47. The molecule has 1 rings (SSSR count). The van der Waals surface area contributed by atoms with Crippen LogP contribution in [0.25, 0.3) is 0 Å². The third-order valence-electron chi connectivity index (χ3n) is 3.03. The molecule has 0 aromatic heterocycles. The van der Waals surface area contributed by atoms with E-state index in [1.54, 1.807) is 7.11 Å². The topological polar surface area (TPSA) is 9.23 Å². The molecule has 11 heavy (non-hydrogen) atoms. The van der Waals surface area contributed by atoms with Gasteiger partial charge in [-0.2, -0.15) is 0 Å². The summed E-state index contributed by atoms with van der Waals surface area (Å²) in [7, 11) is 1.74. The zero-order valence-corrected chi connectivity index (χ0v) is 7.40. The van der Waals surface area contributed by atoms with Crippen LogP contribution in [0.15, 0.2) is 0 Å². The molecule has 1 aliphatic rings. The Hall–Kier alpha value is -0.110. The molecule has 0 heterocycles. The molecule has 0 spiro atoms. The predicted octanol–water partition coefficient (Wildman–Crippen LogP) is 2.55. The molecule has 0 aliphatic heterocycles. The first-order valence-electron chi connectivity index (χ1n) is 4.35. The first-order chi connectivity index (χ1) is 5.26. The third kappa shape index (κ3) is 1.73. The molecule has 0 aromatic carbocycles. The summed E-state index contributed by atoms with van der Waals surface area (Å²) in [6, 6.07) is 0. The second-order valence-electron chi connectivity index (χ2n) is 3.56. The molecule has 0 radical (unpaired) electrons. The van der Waals surface area contributed by atoms with Gasteiger partial charge in [0.1, 0.15) is 0 Å². The van der Waals surface area contributed by atoms with Crippen LogP contribution in [0.2, 0.25) is 0 Å². The summed E-state index contributed by atoms with van der Waals surface area (Å²) in [6.45, 7) is 1.96. The van der Waals surface area contributed by atoms with Crippen LogP contribution in [-0.2, 0) is 4.74 Å². The summed E-state index contributed by atoms with van der Waals surface area (Å²) in [5, 5.41) is 0. The van der Waals surface area contributed by atoms with Crippen molar-refractivity contribution in [1.82, 2.24) is 0 Å². The van der Waals surface area contributed by atoms with Crippen molar-refractivity contribution in [1.29, 1.82) is 0 Å². The van der Waals surface area contributed by atoms with Gasteiger partial charge in [-0.05, 0) is 24.7 Å². The smallest absolute Gasteiger partial charge is 0.0899 e. The highest BCUT2D eigenvalue weighted by atomic mass is 19.1. The van der Waals surface area contributed by atoms with Gasteiger partial charge in [-0.25, -0.2) is 0 Å². The van der Waals surface area contributed by atoms with E-state index in [9.17, 15) is 4.39 Å². The number of ether oxygens (including phenoxy) is 1. The maximum atomic E-state index is 12.1. The zero-order valence-electron chi connectivity index (χ0n) is 7.40. The fourth-order valence-corrected chi connectivity index (χ4v) is 1.94. The Labute approximate surface area is 67.9 Å². The summed E-state index contributed by atoms with van der Waals surface area (Å²) in [5.74, 6) is 0. The molecule has 1 nitrogen and oxygen atoms in total. The molecule has 0 saturated heterocycles. The number of hydrogen-bond acceptors (Lipinski definition) is 1. The van der Waals surface area contributed by atoms with Crippen molar-refractivity contribution in [2.24, 2.45) is 5.41 Å². The third-order valence-corrected chi connectivity index (χ3v) is 3.03. The van der Waals surface area contributed by atoms with E-state index in [0.717, 1.165) is 25.7 Å². The molecule has 1 fully saturated rings. The molecule has 0 N–H and O–H groups in total. The fourth-order valence-electron chi connectivity index (χ4n) is 1.94. The summed E-state index contributed by atoms with van der Waals surface area (Å²) in [6.07, 6.45) is 4.34. The van der Waals surface area contributed by atoms with Crippen molar-refractivity contribution in [3.05, 3.63) is 0 Å². The zero-order chi connectivity index (χ0) is 8.32. The highest BCUT2D eigenvalue weighted by molar-refractivity contribution is 4.93. The number of rotatable bonds is 4. The molecular formula is C9H17FO. The second-order valence-corrected chi connectivity index (χ2v) is 3.56. The Morgan fingerprint density at radius 3 is 2.55 bits per heavy atom. The number of hydrogen-bond donors (Lipinski definition) is 0. The van der Waals surface area contributed by atoms with Gasteiger partial charge in [0.05, 0.1) is 12.8 Å². The minimum Gasteiger partial charge on any atom is -0.381 e. The van der Waals surface area contributed by atoms with Gasteiger partial charge in [0, 0.05) is 7.11 Å². The normalized spacial score (nSPS) is 36.8. The van der Waals surface area contributed by atoms with Crippen LogP contribution >= 0.6 is 0 Å². The van der Waals surface area contributed by atoms with Gasteiger partial charge in [0.15, 0.2) is 0 Å². The van der Waals surface area contributed by atoms with Crippen LogP contribution in [0.3, 0.4) is 0 Å². The fraction of sp³-hybridized carbons (Fsp3) is 1.00. The van der Waals surface area contributed by atoms with Crippen molar-refractivity contribution < 1.29 is 9.13 Å². The predicted molar refractivity (Wildman–Crippen MR) is 43.3 cm³/mol. The highest BCUT2D eigenvalue weighted by Gasteiger charge is 2.42. The van der Waals surface area contributed by atoms with E-state index in [2.05, 4.69) is 6.92 Å². The lowest BCUT2D eigenvalue weighted by Crippen LogP contribution is -2.41. The van der Waals surface area contributed by atoms with Gasteiger partial charge < -0.3 is 4.74 Å². The van der Waals surface area contributed by atoms with Crippen molar-refractivity contribution >= 4 is 0 Å². The van der Waals surface area contributed by atoms with Crippen molar-refractivity contribution in [3.63, 3.8) is 0 Å². The summed E-state index contributed by atoms with van der Waals surface area (Å²) in [5.41, 5.74) is 0.287. The largest absolute Gasteiger partial charge is 0.381 e. The van der Waals surface area contributed by atoms with Crippen LogP contribution in [0.1, 0.15) is 32.6 Å². The number of methoxy groups -OCH3 is 1. The van der Waals surface area contributed by atoms with E-state index in [1.165, 1.54) is 0 Å². The van der Waals surface area contributed by atoms with E-state index in [1.807, 2.05) is 0 Å². The Morgan fingerprint density at radius 2 is 2.18 bits per heavy atom. The first-order valence-corrected chi connectivity index (χ1v) is 4.35. The van der Waals surface area contributed by atoms with E-state index in [-0.39, 0.29) is 12.1 Å². The monoisotopic (exact) mass is 160 g/mol. The van der Waals surface area contributed by atoms with Crippen LogP contribution < -0.4 is 0 Å². The van der Waals surface area contributed by atoms with Crippen molar-refractivity contribution in [2.45, 2.75) is 38.7 Å². The van der Waals surface area contributed by atoms with Crippen LogP contribution in [0, 0.1) is 5.41 Å². The van der Waals surface area contributed by atoms with E-state index in [4.69, 9.17) is 4.74 Å². The number of halogens is 1. The van der Waals surface area contributed by atoms with Gasteiger partial charge in [0.25, 0.3) is 0 Å². The summed E-state index contributed by atoms with van der Waals surface area (Å²) in [4.78, 5) is 0. The van der Waals surface area contributed by atoms with E-state index < -0.39 is 0 Å². The lowest BCUT2D eigenvalue weighted by molar-refractivity contribution is -0.0678. The Kier molecular flexibility index (Phi) is 2.88. The average molecular weight is 160 g/mol. The number of alkyl halides is 1. The second kappa shape index (κ2) is 3.53. The van der Waals surface area contributed by atoms with Crippen LogP contribution in [0.5, 0.6) is 0 Å². The SMILES string of the molecule is CCC1(CCF)CC(OC)C1. The molecule has 1 aliphatic carbocycles. The van der Waals surface area contributed by atoms with E-state index in [0.29, 0.717) is 6.10 Å². The lowest BCUT2D eigenvalue weighted by Gasteiger charge is -2.46. The molecule has 2 heteroatoms. The minimum absolute atomic E-state index is 0.176. The summed E-state index contributed by atoms with van der Waals surface area (Å²) < 4.78 is 17.3. The van der Waals surface area contributed by atoms with Gasteiger partial charge in [-0.1, -0.05) is 13.3 Å². The molecule has 0 bridgehead atoms. The quantitative estimate of drug-likeness (QED) is 0.614. The minimum atomic E-state index is -0.176. The summed E-state index contributed by atoms with van der Waals surface area (Å²) >= 11 is 0. The van der Waals surface area contributed by atoms with Crippen molar-refractivity contribution in [3.8, 4) is 0 Å². The molecule has 0 aromatic rings. The van der Waals surface area contributed by atoms with Gasteiger partial charge in [-0.3, -0.25) is 4.39 Å². The maximum Gasteiger partial charge on any atom is 0.0899 e. The van der Waals surface area contributed by atoms with Gasteiger partial charge in [0.2, 0.25) is 0 Å². The maximum absolute atomic E-state index is 12.1. The van der Waals surface area contributed by atoms with Gasteiger partial charge >= 0.3 is 0 Å². The Morgan fingerprint density at radius 1 is 1.55 bits per heavy atom.